The fraction of sp³-hybridized carbons (Fsp3) is 0.250. The Hall–Kier alpha value is 0.219. The van der Waals surface area contributed by atoms with Crippen molar-refractivity contribution in [3.63, 3.8) is 0 Å². The molecule has 96 valence electrons. The van der Waals surface area contributed by atoms with Crippen molar-refractivity contribution >= 4 is 0 Å². The van der Waals surface area contributed by atoms with Gasteiger partial charge in [0, 0.05) is 11.3 Å². The smallest absolute Gasteiger partial charge is 0.392 e. The van der Waals surface area contributed by atoms with Crippen molar-refractivity contribution in [2.24, 2.45) is 5.41 Å². The van der Waals surface area contributed by atoms with Gasteiger partial charge in [-0.2, -0.15) is 0 Å². The van der Waals surface area contributed by atoms with Crippen LogP contribution in [0.1, 0.15) is 13.8 Å². The largest absolute Gasteiger partial charge is 2.00 e. The van der Waals surface area contributed by atoms with Crippen molar-refractivity contribution < 1.29 is 22.2 Å². The molecule has 2 heteroatoms. The SMILES string of the molecule is C=CC(C)(C)C(O)[C]1[CH][CH][CH][CH]1.[CH]1[CH][CH][CH][CH]1.[Fe+2]. The van der Waals surface area contributed by atoms with E-state index in [4.69, 9.17) is 0 Å². The van der Waals surface area contributed by atoms with Crippen molar-refractivity contribution in [1.82, 2.24) is 0 Å². The maximum absolute atomic E-state index is 9.87. The molecule has 0 amide bonds. The number of aliphatic hydroxyl groups is 1. The maximum Gasteiger partial charge on any atom is 2.00 e. The molecule has 1 atom stereocenters. The molecule has 2 fully saturated rings. The second-order valence-corrected chi connectivity index (χ2v) is 4.61. The summed E-state index contributed by atoms with van der Waals surface area (Å²) in [4.78, 5) is 0. The number of rotatable bonds is 3. The molecule has 0 spiro atoms. The monoisotopic (exact) mass is 284 g/mol. The van der Waals surface area contributed by atoms with Gasteiger partial charge < -0.3 is 5.11 Å². The summed E-state index contributed by atoms with van der Waals surface area (Å²) in [6, 6.07) is 0. The van der Waals surface area contributed by atoms with Crippen molar-refractivity contribution in [2.75, 3.05) is 0 Å². The Balaban J connectivity index is 0.000000405. The predicted molar refractivity (Wildman–Crippen MR) is 71.9 cm³/mol. The van der Waals surface area contributed by atoms with Gasteiger partial charge in [0.2, 0.25) is 0 Å². The van der Waals surface area contributed by atoms with Crippen molar-refractivity contribution in [3.8, 4) is 0 Å². The molecule has 2 aliphatic rings. The molecule has 0 heterocycles. The fourth-order valence-corrected chi connectivity index (χ4v) is 1.43. The summed E-state index contributed by atoms with van der Waals surface area (Å²) in [5.74, 6) is 0.958. The van der Waals surface area contributed by atoms with E-state index in [2.05, 4.69) is 6.58 Å². The minimum Gasteiger partial charge on any atom is -0.392 e. The first kappa shape index (κ1) is 18.2. The molecule has 0 aromatic heterocycles. The number of aliphatic hydroxyl groups excluding tert-OH is 1. The summed E-state index contributed by atoms with van der Waals surface area (Å²) in [6.07, 6.45) is 19.0. The molecule has 2 saturated carbocycles. The molecular weight excluding hydrogens is 264 g/mol. The van der Waals surface area contributed by atoms with Crippen LogP contribution in [0.25, 0.3) is 0 Å². The molecule has 10 radical (unpaired) electrons. The van der Waals surface area contributed by atoms with E-state index in [9.17, 15) is 5.11 Å². The van der Waals surface area contributed by atoms with Gasteiger partial charge in [-0.25, -0.2) is 0 Å². The number of hydrogen-bond acceptors (Lipinski definition) is 1. The van der Waals surface area contributed by atoms with E-state index in [1.165, 1.54) is 0 Å². The predicted octanol–water partition coefficient (Wildman–Crippen LogP) is 2.98. The van der Waals surface area contributed by atoms with Crippen LogP contribution < -0.4 is 0 Å². The van der Waals surface area contributed by atoms with Crippen LogP contribution in [0.2, 0.25) is 0 Å². The minimum atomic E-state index is -0.454. The van der Waals surface area contributed by atoms with Gasteiger partial charge in [-0.3, -0.25) is 0 Å². The third-order valence-corrected chi connectivity index (χ3v) is 2.79. The first-order valence-electron chi connectivity index (χ1n) is 5.78. The van der Waals surface area contributed by atoms with E-state index in [1.807, 2.05) is 71.6 Å². The molecule has 1 unspecified atom stereocenters. The Morgan fingerprint density at radius 2 is 1.39 bits per heavy atom. The van der Waals surface area contributed by atoms with Crippen molar-refractivity contribution in [1.29, 1.82) is 0 Å². The van der Waals surface area contributed by atoms with Gasteiger partial charge in [0.05, 0.1) is 6.10 Å². The zero-order valence-corrected chi connectivity index (χ0v) is 12.0. The Morgan fingerprint density at radius 1 is 1.00 bits per heavy atom. The minimum absolute atomic E-state index is 0. The Kier molecular flexibility index (Phi) is 9.29. The van der Waals surface area contributed by atoms with Gasteiger partial charge >= 0.3 is 17.1 Å². The van der Waals surface area contributed by atoms with Crippen LogP contribution >= 0.6 is 0 Å². The summed E-state index contributed by atoms with van der Waals surface area (Å²) >= 11 is 0. The standard InChI is InChI=1S/C11H15O.C5H5.Fe/c1-4-11(2,3)10(12)9-7-5-6-8-9;1-2-4-5-3-1;/h4-8,10,12H,1H2,2-3H3;1-5H;/q;;+2. The second-order valence-electron chi connectivity index (χ2n) is 4.61. The van der Waals surface area contributed by atoms with E-state index in [0.29, 0.717) is 0 Å². The van der Waals surface area contributed by atoms with Crippen LogP contribution in [-0.4, -0.2) is 11.2 Å². The molecule has 2 rings (SSSR count). The van der Waals surface area contributed by atoms with Crippen molar-refractivity contribution in [3.05, 3.63) is 76.4 Å². The van der Waals surface area contributed by atoms with Crippen LogP contribution in [0.4, 0.5) is 0 Å². The van der Waals surface area contributed by atoms with Crippen LogP contribution in [0.5, 0.6) is 0 Å². The number of hydrogen-bond donors (Lipinski definition) is 1. The molecule has 0 aliphatic heterocycles. The van der Waals surface area contributed by atoms with E-state index in [0.717, 1.165) is 5.92 Å². The molecular formula is C16H20FeO+2. The van der Waals surface area contributed by atoms with E-state index in [-0.39, 0.29) is 22.5 Å². The van der Waals surface area contributed by atoms with Gasteiger partial charge in [0.1, 0.15) is 0 Å². The molecule has 0 bridgehead atoms. The first-order chi connectivity index (χ1) is 8.08. The maximum atomic E-state index is 9.87. The summed E-state index contributed by atoms with van der Waals surface area (Å²) in [5.41, 5.74) is -0.256. The molecule has 1 N–H and O–H groups in total. The molecule has 2 aliphatic carbocycles. The van der Waals surface area contributed by atoms with Gasteiger partial charge in [0.25, 0.3) is 0 Å². The second kappa shape index (κ2) is 9.18. The van der Waals surface area contributed by atoms with Crippen LogP contribution in [0.15, 0.2) is 12.7 Å². The molecule has 1 nitrogen and oxygen atoms in total. The van der Waals surface area contributed by atoms with Crippen LogP contribution in [-0.2, 0) is 17.1 Å². The Morgan fingerprint density at radius 3 is 1.72 bits per heavy atom. The first-order valence-corrected chi connectivity index (χ1v) is 5.78. The van der Waals surface area contributed by atoms with Gasteiger partial charge in [-0.1, -0.05) is 19.9 Å². The quantitative estimate of drug-likeness (QED) is 0.624. The molecule has 0 aromatic carbocycles. The van der Waals surface area contributed by atoms with E-state index in [1.54, 1.807) is 6.08 Å². The zero-order valence-electron chi connectivity index (χ0n) is 10.9. The Labute approximate surface area is 124 Å². The third kappa shape index (κ3) is 5.91. The van der Waals surface area contributed by atoms with Crippen LogP contribution in [0.3, 0.4) is 0 Å². The molecule has 0 aromatic rings. The average Bonchev–Trinajstić information content (AvgIpc) is 3.03. The molecule has 0 saturated heterocycles. The van der Waals surface area contributed by atoms with E-state index >= 15 is 0 Å². The fourth-order valence-electron chi connectivity index (χ4n) is 1.43. The molecule has 18 heavy (non-hydrogen) atoms. The normalized spacial score (nSPS) is 21.7. The van der Waals surface area contributed by atoms with Gasteiger partial charge in [-0.05, 0) is 57.8 Å². The van der Waals surface area contributed by atoms with E-state index < -0.39 is 6.10 Å². The topological polar surface area (TPSA) is 20.2 Å². The van der Waals surface area contributed by atoms with Gasteiger partial charge in [-0.15, -0.1) is 6.58 Å². The van der Waals surface area contributed by atoms with Gasteiger partial charge in [0.15, 0.2) is 0 Å². The summed E-state index contributed by atoms with van der Waals surface area (Å²) in [7, 11) is 0. The summed E-state index contributed by atoms with van der Waals surface area (Å²) in [5, 5.41) is 9.87. The van der Waals surface area contributed by atoms with Crippen molar-refractivity contribution in [2.45, 2.75) is 20.0 Å². The van der Waals surface area contributed by atoms with Crippen LogP contribution in [0, 0.1) is 69.1 Å². The summed E-state index contributed by atoms with van der Waals surface area (Å²) in [6.45, 7) is 7.64. The Bertz CT molecular complexity index is 208. The summed E-state index contributed by atoms with van der Waals surface area (Å²) < 4.78 is 0. The zero-order chi connectivity index (χ0) is 12.7. The third-order valence-electron chi connectivity index (χ3n) is 2.79. The average molecular weight is 284 g/mol.